The monoisotopic (exact) mass is 359 g/mol. The van der Waals surface area contributed by atoms with Gasteiger partial charge in [-0.3, -0.25) is 4.79 Å². The molecule has 1 N–H and O–H groups in total. The Hall–Kier alpha value is -1.28. The van der Waals surface area contributed by atoms with Gasteiger partial charge in [0.1, 0.15) is 0 Å². The fraction of sp³-hybridized carbons (Fsp3) is 0.591. The number of carbonyl (C=O) groups excluding carboxylic acids is 1. The summed E-state index contributed by atoms with van der Waals surface area (Å²) in [5.74, 6) is 2.24. The molecule has 0 aromatic heterocycles. The number of unbranched alkanes of at least 4 members (excludes halogenated alkanes) is 2. The number of allylic oxidation sites excluding steroid dienone is 2. The van der Waals surface area contributed by atoms with E-state index in [2.05, 4.69) is 30.5 Å². The van der Waals surface area contributed by atoms with E-state index in [4.69, 9.17) is 11.6 Å². The first-order valence-electron chi connectivity index (χ1n) is 9.88. The molecule has 2 aliphatic carbocycles. The van der Waals surface area contributed by atoms with E-state index in [0.717, 1.165) is 23.8 Å². The fourth-order valence-electron chi connectivity index (χ4n) is 4.72. The van der Waals surface area contributed by atoms with Crippen molar-refractivity contribution in [2.24, 2.45) is 23.7 Å². The fourth-order valence-corrected chi connectivity index (χ4v) is 4.93. The van der Waals surface area contributed by atoms with Crippen LogP contribution in [0.25, 0.3) is 0 Å². The number of rotatable bonds is 8. The van der Waals surface area contributed by atoms with Crippen molar-refractivity contribution in [1.29, 1.82) is 0 Å². The van der Waals surface area contributed by atoms with Gasteiger partial charge in [0, 0.05) is 17.5 Å². The lowest BCUT2D eigenvalue weighted by atomic mass is 9.78. The Kier molecular flexibility index (Phi) is 6.58. The summed E-state index contributed by atoms with van der Waals surface area (Å²) in [6.07, 6.45) is 12.9. The zero-order valence-corrected chi connectivity index (χ0v) is 16.0. The number of benzene rings is 1. The molecular formula is C22H30ClNO. The highest BCUT2D eigenvalue weighted by molar-refractivity contribution is 6.30. The predicted molar refractivity (Wildman–Crippen MR) is 105 cm³/mol. The Morgan fingerprint density at radius 2 is 2.16 bits per heavy atom. The average Bonchev–Trinajstić information content (AvgIpc) is 3.20. The molecule has 4 unspecified atom stereocenters. The van der Waals surface area contributed by atoms with Gasteiger partial charge in [0.25, 0.3) is 0 Å². The van der Waals surface area contributed by atoms with Crippen LogP contribution in [0.2, 0.25) is 5.02 Å². The molecule has 0 saturated heterocycles. The number of hydrogen-bond donors (Lipinski definition) is 1. The Morgan fingerprint density at radius 1 is 1.32 bits per heavy atom. The Balaban J connectivity index is 1.53. The third kappa shape index (κ3) is 4.67. The van der Waals surface area contributed by atoms with Crippen LogP contribution in [0.15, 0.2) is 36.4 Å². The van der Waals surface area contributed by atoms with Crippen molar-refractivity contribution in [3.63, 3.8) is 0 Å². The number of carbonyl (C=O) groups is 1. The summed E-state index contributed by atoms with van der Waals surface area (Å²) in [5, 5.41) is 3.95. The summed E-state index contributed by atoms with van der Waals surface area (Å²) in [6.45, 7) is 2.92. The molecule has 4 atom stereocenters. The molecule has 1 aromatic rings. The zero-order valence-electron chi connectivity index (χ0n) is 15.2. The van der Waals surface area contributed by atoms with Gasteiger partial charge in [-0.25, -0.2) is 0 Å². The number of hydrogen-bond acceptors (Lipinski definition) is 1. The van der Waals surface area contributed by atoms with Gasteiger partial charge in [-0.1, -0.05) is 55.7 Å². The molecular weight excluding hydrogens is 330 g/mol. The van der Waals surface area contributed by atoms with Crippen molar-refractivity contribution in [3.05, 3.63) is 47.0 Å². The molecule has 136 valence electrons. The zero-order chi connectivity index (χ0) is 17.6. The van der Waals surface area contributed by atoms with Gasteiger partial charge in [0.05, 0.1) is 0 Å². The van der Waals surface area contributed by atoms with Gasteiger partial charge in [-0.2, -0.15) is 0 Å². The average molecular weight is 360 g/mol. The first kappa shape index (κ1) is 18.5. The van der Waals surface area contributed by atoms with Gasteiger partial charge in [0.15, 0.2) is 0 Å². The molecule has 0 aliphatic heterocycles. The van der Waals surface area contributed by atoms with Crippen molar-refractivity contribution < 1.29 is 4.79 Å². The smallest absolute Gasteiger partial charge is 0.224 e. The van der Waals surface area contributed by atoms with Gasteiger partial charge < -0.3 is 5.32 Å². The lowest BCUT2D eigenvalue weighted by Gasteiger charge is -2.28. The van der Waals surface area contributed by atoms with Crippen LogP contribution in [0.4, 0.5) is 0 Å². The van der Waals surface area contributed by atoms with E-state index < -0.39 is 0 Å². The van der Waals surface area contributed by atoms with E-state index in [9.17, 15) is 4.79 Å². The molecule has 2 saturated carbocycles. The lowest BCUT2D eigenvalue weighted by molar-refractivity contribution is -0.127. The molecule has 1 amide bonds. The van der Waals surface area contributed by atoms with Crippen LogP contribution >= 0.6 is 11.6 Å². The minimum atomic E-state index is 0.191. The number of fused-ring (bicyclic) bond motifs is 2. The van der Waals surface area contributed by atoms with E-state index in [1.807, 2.05) is 18.2 Å². The Labute approximate surface area is 157 Å². The van der Waals surface area contributed by atoms with E-state index in [1.54, 1.807) is 0 Å². The summed E-state index contributed by atoms with van der Waals surface area (Å²) in [7, 11) is 0. The minimum absolute atomic E-state index is 0.191. The summed E-state index contributed by atoms with van der Waals surface area (Å²) >= 11 is 6.03. The third-order valence-corrected chi connectivity index (χ3v) is 6.20. The Morgan fingerprint density at radius 3 is 2.96 bits per heavy atom. The van der Waals surface area contributed by atoms with Crippen LogP contribution in [0.1, 0.15) is 51.0 Å². The predicted octanol–water partition coefficient (Wildman–Crippen LogP) is 5.41. The van der Waals surface area contributed by atoms with Crippen LogP contribution < -0.4 is 5.32 Å². The third-order valence-electron chi connectivity index (χ3n) is 5.97. The number of halogens is 1. The van der Waals surface area contributed by atoms with Gasteiger partial charge in [-0.15, -0.1) is 0 Å². The van der Waals surface area contributed by atoms with Gasteiger partial charge >= 0.3 is 0 Å². The standard InChI is InChI=1S/C22H30ClNO/c1-2-3-4-5-9-20-17-10-11-18(15-17)21(20)22(25)24-13-12-16-7-6-8-19(23)14-16/h5-9,14,17-18,20-21H,2-4,10-13,15H2,1H3,(H,24,25). The topological polar surface area (TPSA) is 29.1 Å². The summed E-state index contributed by atoms with van der Waals surface area (Å²) < 4.78 is 0. The minimum Gasteiger partial charge on any atom is -0.356 e. The SMILES string of the molecule is CCCCC=CC1C2CCC(C2)C1C(=O)NCCc1cccc(Cl)c1. The number of amides is 1. The molecule has 0 spiro atoms. The molecule has 3 heteroatoms. The van der Waals surface area contributed by atoms with Crippen LogP contribution in [0.5, 0.6) is 0 Å². The highest BCUT2D eigenvalue weighted by Gasteiger charge is 2.49. The highest BCUT2D eigenvalue weighted by Crippen LogP contribution is 2.52. The maximum absolute atomic E-state index is 12.8. The van der Waals surface area contributed by atoms with Crippen LogP contribution in [-0.2, 0) is 11.2 Å². The van der Waals surface area contributed by atoms with Crippen LogP contribution in [0, 0.1) is 23.7 Å². The van der Waals surface area contributed by atoms with E-state index in [-0.39, 0.29) is 11.8 Å². The molecule has 3 rings (SSSR count). The molecule has 2 aliphatic rings. The molecule has 0 radical (unpaired) electrons. The summed E-state index contributed by atoms with van der Waals surface area (Å²) in [5.41, 5.74) is 1.18. The van der Waals surface area contributed by atoms with Crippen LogP contribution in [-0.4, -0.2) is 12.5 Å². The second-order valence-corrected chi connectivity index (χ2v) is 8.11. The van der Waals surface area contributed by atoms with Gasteiger partial charge in [0.2, 0.25) is 5.91 Å². The van der Waals surface area contributed by atoms with Crippen molar-refractivity contribution in [3.8, 4) is 0 Å². The quantitative estimate of drug-likeness (QED) is 0.488. The molecule has 25 heavy (non-hydrogen) atoms. The van der Waals surface area contributed by atoms with E-state index in [0.29, 0.717) is 18.4 Å². The molecule has 2 bridgehead atoms. The molecule has 0 heterocycles. The first-order chi connectivity index (χ1) is 12.2. The normalized spacial score (nSPS) is 27.9. The van der Waals surface area contributed by atoms with Crippen molar-refractivity contribution in [2.45, 2.75) is 51.9 Å². The molecule has 2 fully saturated rings. The second-order valence-electron chi connectivity index (χ2n) is 7.68. The van der Waals surface area contributed by atoms with E-state index in [1.165, 1.54) is 37.7 Å². The van der Waals surface area contributed by atoms with Crippen LogP contribution in [0.3, 0.4) is 0 Å². The van der Waals surface area contributed by atoms with Crippen molar-refractivity contribution in [1.82, 2.24) is 5.32 Å². The maximum atomic E-state index is 12.8. The lowest BCUT2D eigenvalue weighted by Crippen LogP contribution is -2.38. The maximum Gasteiger partial charge on any atom is 0.224 e. The number of nitrogens with one attached hydrogen (secondary N) is 1. The highest BCUT2D eigenvalue weighted by atomic mass is 35.5. The van der Waals surface area contributed by atoms with E-state index >= 15 is 0 Å². The Bertz CT molecular complexity index is 612. The molecule has 2 nitrogen and oxygen atoms in total. The molecule has 1 aromatic carbocycles. The summed E-state index contributed by atoms with van der Waals surface area (Å²) in [4.78, 5) is 12.8. The first-order valence-corrected chi connectivity index (χ1v) is 10.3. The summed E-state index contributed by atoms with van der Waals surface area (Å²) in [6, 6.07) is 7.89. The van der Waals surface area contributed by atoms with Crippen molar-refractivity contribution in [2.75, 3.05) is 6.54 Å². The second kappa shape index (κ2) is 8.89. The van der Waals surface area contributed by atoms with Gasteiger partial charge in [-0.05, 0) is 67.6 Å². The largest absolute Gasteiger partial charge is 0.356 e. The van der Waals surface area contributed by atoms with Crippen molar-refractivity contribution >= 4 is 17.5 Å².